The quantitative estimate of drug-likeness (QED) is 0.463. The van der Waals surface area contributed by atoms with E-state index in [9.17, 15) is 0 Å². The Labute approximate surface area is 90.2 Å². The smallest absolute Gasteiger partial charge is 0.0970 e. The van der Waals surface area contributed by atoms with E-state index in [1.165, 1.54) is 57.5 Å². The van der Waals surface area contributed by atoms with Gasteiger partial charge in [-0.3, -0.25) is 0 Å². The molecule has 0 rings (SSSR count). The normalized spacial score (nSPS) is 11.1. The molecule has 85 valence electrons. The van der Waals surface area contributed by atoms with E-state index in [-0.39, 0.29) is 0 Å². The first-order chi connectivity index (χ1) is 6.85. The highest BCUT2D eigenvalue weighted by molar-refractivity contribution is 4.77. The van der Waals surface area contributed by atoms with Crippen LogP contribution in [0.5, 0.6) is 0 Å². The van der Waals surface area contributed by atoms with Crippen LogP contribution < -0.4 is 0 Å². The van der Waals surface area contributed by atoms with Crippen LogP contribution in [0, 0.1) is 6.10 Å². The fourth-order valence-electron chi connectivity index (χ4n) is 1.38. The van der Waals surface area contributed by atoms with E-state index >= 15 is 0 Å². The Hall–Kier alpha value is -0.0400. The molecule has 1 heteroatoms. The highest BCUT2D eigenvalue weighted by Crippen LogP contribution is 2.20. The van der Waals surface area contributed by atoms with Crippen LogP contribution >= 0.6 is 0 Å². The molecule has 14 heavy (non-hydrogen) atoms. The van der Waals surface area contributed by atoms with E-state index in [2.05, 4.69) is 20.8 Å². The maximum absolute atomic E-state index is 5.80. The van der Waals surface area contributed by atoms with E-state index in [4.69, 9.17) is 4.74 Å². The third-order valence-corrected chi connectivity index (χ3v) is 2.42. The van der Waals surface area contributed by atoms with Crippen molar-refractivity contribution in [2.24, 2.45) is 0 Å². The van der Waals surface area contributed by atoms with Crippen LogP contribution in [0.4, 0.5) is 0 Å². The van der Waals surface area contributed by atoms with Gasteiger partial charge in [0.2, 0.25) is 0 Å². The third kappa shape index (κ3) is 8.55. The summed E-state index contributed by atoms with van der Waals surface area (Å²) < 4.78 is 5.80. The van der Waals surface area contributed by atoms with Crippen molar-refractivity contribution in [2.75, 3.05) is 6.61 Å². The lowest BCUT2D eigenvalue weighted by Crippen LogP contribution is -2.05. The van der Waals surface area contributed by atoms with Crippen LogP contribution in [0.1, 0.15) is 72.1 Å². The third-order valence-electron chi connectivity index (χ3n) is 2.42. The summed E-state index contributed by atoms with van der Waals surface area (Å²) in [5.74, 6) is 0. The van der Waals surface area contributed by atoms with Crippen molar-refractivity contribution < 1.29 is 4.74 Å². The second-order valence-corrected chi connectivity index (χ2v) is 3.95. The summed E-state index contributed by atoms with van der Waals surface area (Å²) >= 11 is 0. The molecule has 0 aliphatic rings. The maximum Gasteiger partial charge on any atom is 0.0970 e. The lowest BCUT2D eigenvalue weighted by molar-refractivity contribution is 0.120. The van der Waals surface area contributed by atoms with Crippen molar-refractivity contribution in [1.82, 2.24) is 0 Å². The monoisotopic (exact) mass is 199 g/mol. The van der Waals surface area contributed by atoms with Gasteiger partial charge >= 0.3 is 0 Å². The van der Waals surface area contributed by atoms with Gasteiger partial charge in [0.1, 0.15) is 0 Å². The molecule has 0 aliphatic heterocycles. The van der Waals surface area contributed by atoms with Crippen LogP contribution in [0.15, 0.2) is 0 Å². The molecule has 0 bridgehead atoms. The van der Waals surface area contributed by atoms with Crippen molar-refractivity contribution in [3.8, 4) is 0 Å². The van der Waals surface area contributed by atoms with E-state index in [1.54, 1.807) is 0 Å². The van der Waals surface area contributed by atoms with Gasteiger partial charge in [-0.05, 0) is 19.3 Å². The molecule has 0 saturated carbocycles. The van der Waals surface area contributed by atoms with E-state index in [0.717, 1.165) is 6.61 Å². The molecule has 1 nitrogen and oxygen atoms in total. The van der Waals surface area contributed by atoms with Crippen LogP contribution in [0.25, 0.3) is 0 Å². The minimum absolute atomic E-state index is 0.930. The van der Waals surface area contributed by atoms with E-state index < -0.39 is 0 Å². The van der Waals surface area contributed by atoms with Crippen LogP contribution in [0.3, 0.4) is 0 Å². The first kappa shape index (κ1) is 14.0. The lowest BCUT2D eigenvalue weighted by atomic mass is 10.1. The van der Waals surface area contributed by atoms with Gasteiger partial charge in [0.15, 0.2) is 0 Å². The van der Waals surface area contributed by atoms with Gasteiger partial charge in [0.25, 0.3) is 0 Å². The fourth-order valence-corrected chi connectivity index (χ4v) is 1.38. The van der Waals surface area contributed by atoms with E-state index in [1.807, 2.05) is 0 Å². The van der Waals surface area contributed by atoms with Gasteiger partial charge in [-0.2, -0.15) is 0 Å². The average molecular weight is 199 g/mol. The summed E-state index contributed by atoms with van der Waals surface area (Å²) in [7, 11) is 0. The standard InChI is InChI=1S/C13H27O/c1-4-7-10-13(11-8-5-2)14-12-9-6-3/h4-12H2,1-3H3. The van der Waals surface area contributed by atoms with Gasteiger partial charge in [-0.15, -0.1) is 0 Å². The molecule has 0 unspecified atom stereocenters. The number of ether oxygens (including phenoxy) is 1. The fraction of sp³-hybridized carbons (Fsp3) is 0.923. The minimum Gasteiger partial charge on any atom is -0.372 e. The topological polar surface area (TPSA) is 9.23 Å². The molecule has 0 heterocycles. The van der Waals surface area contributed by atoms with Crippen molar-refractivity contribution in [3.05, 3.63) is 6.10 Å². The molecule has 0 aromatic heterocycles. The molecule has 0 spiro atoms. The number of hydrogen-bond donors (Lipinski definition) is 0. The molecule has 0 atom stereocenters. The van der Waals surface area contributed by atoms with Gasteiger partial charge in [0, 0.05) is 6.61 Å². The Kier molecular flexibility index (Phi) is 11.0. The van der Waals surface area contributed by atoms with Crippen molar-refractivity contribution >= 4 is 0 Å². The molecule has 0 amide bonds. The van der Waals surface area contributed by atoms with Gasteiger partial charge in [0.05, 0.1) is 6.10 Å². The Balaban J connectivity index is 3.49. The largest absolute Gasteiger partial charge is 0.372 e. The molecule has 0 saturated heterocycles. The van der Waals surface area contributed by atoms with E-state index in [0.29, 0.717) is 0 Å². The second-order valence-electron chi connectivity index (χ2n) is 3.95. The summed E-state index contributed by atoms with van der Waals surface area (Å²) in [5, 5.41) is 0. The summed E-state index contributed by atoms with van der Waals surface area (Å²) in [6, 6.07) is 0. The summed E-state index contributed by atoms with van der Waals surface area (Å²) in [4.78, 5) is 0. The van der Waals surface area contributed by atoms with Gasteiger partial charge < -0.3 is 4.74 Å². The number of hydrogen-bond acceptors (Lipinski definition) is 1. The van der Waals surface area contributed by atoms with Crippen molar-refractivity contribution in [1.29, 1.82) is 0 Å². The SMILES string of the molecule is CCCCO[C](CCCC)CCCC. The Bertz CT molecular complexity index is 93.4. The predicted molar refractivity (Wildman–Crippen MR) is 63.2 cm³/mol. The first-order valence-electron chi connectivity index (χ1n) is 6.32. The number of unbranched alkanes of at least 4 members (excludes halogenated alkanes) is 3. The van der Waals surface area contributed by atoms with Gasteiger partial charge in [-0.1, -0.05) is 52.9 Å². The first-order valence-corrected chi connectivity index (χ1v) is 6.32. The lowest BCUT2D eigenvalue weighted by Gasteiger charge is -2.15. The zero-order chi connectivity index (χ0) is 10.6. The molecular formula is C13H27O. The van der Waals surface area contributed by atoms with Crippen LogP contribution in [-0.2, 0) is 4.74 Å². The molecular weight excluding hydrogens is 172 g/mol. The summed E-state index contributed by atoms with van der Waals surface area (Å²) in [5.41, 5.74) is 0. The minimum atomic E-state index is 0.930. The molecule has 0 N–H and O–H groups in total. The molecule has 0 aliphatic carbocycles. The molecule has 0 fully saturated rings. The second kappa shape index (κ2) is 11.0. The van der Waals surface area contributed by atoms with Crippen LogP contribution in [-0.4, -0.2) is 6.61 Å². The summed E-state index contributed by atoms with van der Waals surface area (Å²) in [6.07, 6.45) is 11.2. The molecule has 0 aromatic carbocycles. The highest BCUT2D eigenvalue weighted by Gasteiger charge is 2.08. The average Bonchev–Trinajstić information content (AvgIpc) is 2.21. The molecule has 0 aromatic rings. The molecule has 1 radical (unpaired) electrons. The van der Waals surface area contributed by atoms with Crippen molar-refractivity contribution in [2.45, 2.75) is 72.1 Å². The zero-order valence-electron chi connectivity index (χ0n) is 10.3. The van der Waals surface area contributed by atoms with Crippen molar-refractivity contribution in [3.63, 3.8) is 0 Å². The number of rotatable bonds is 10. The zero-order valence-corrected chi connectivity index (χ0v) is 10.3. The Morgan fingerprint density at radius 3 is 1.71 bits per heavy atom. The Morgan fingerprint density at radius 2 is 1.29 bits per heavy atom. The summed E-state index contributed by atoms with van der Waals surface area (Å²) in [6.45, 7) is 7.62. The maximum atomic E-state index is 5.80. The predicted octanol–water partition coefficient (Wildman–Crippen LogP) is 4.72. The Morgan fingerprint density at radius 1 is 0.786 bits per heavy atom. The van der Waals surface area contributed by atoms with Crippen LogP contribution in [0.2, 0.25) is 0 Å². The van der Waals surface area contributed by atoms with Gasteiger partial charge in [-0.25, -0.2) is 0 Å². The highest BCUT2D eigenvalue weighted by atomic mass is 16.5.